The molecule has 0 unspecified atom stereocenters. The molecule has 0 saturated heterocycles. The van der Waals surface area contributed by atoms with Gasteiger partial charge in [0.1, 0.15) is 11.0 Å². The summed E-state index contributed by atoms with van der Waals surface area (Å²) in [6, 6.07) is 1.21. The van der Waals surface area contributed by atoms with Crippen LogP contribution in [0.2, 0.25) is 5.15 Å². The second kappa shape index (κ2) is 6.52. The van der Waals surface area contributed by atoms with E-state index >= 15 is 0 Å². The van der Waals surface area contributed by atoms with Crippen LogP contribution in [0.25, 0.3) is 0 Å². The van der Waals surface area contributed by atoms with Crippen molar-refractivity contribution < 1.29 is 8.42 Å². The average Bonchev–Trinajstić information content (AvgIpc) is 2.26. The van der Waals surface area contributed by atoms with Crippen LogP contribution < -0.4 is 5.56 Å². The highest BCUT2D eigenvalue weighted by molar-refractivity contribution is 7.91. The Morgan fingerprint density at radius 1 is 1.37 bits per heavy atom. The first-order valence-electron chi connectivity index (χ1n) is 6.24. The van der Waals surface area contributed by atoms with Gasteiger partial charge < -0.3 is 0 Å². The SMILES string of the molecule is CCCS(=O)(=O)CCn1c(C(C)C)nc(Cl)cc1=O. The Morgan fingerprint density at radius 2 is 2.00 bits per heavy atom. The molecule has 19 heavy (non-hydrogen) atoms. The summed E-state index contributed by atoms with van der Waals surface area (Å²) in [5, 5.41) is 0.140. The van der Waals surface area contributed by atoms with Gasteiger partial charge in [0.2, 0.25) is 0 Å². The molecule has 1 aromatic heterocycles. The molecular formula is C12H19ClN2O3S. The van der Waals surface area contributed by atoms with E-state index in [1.807, 2.05) is 20.8 Å². The molecule has 0 bridgehead atoms. The third kappa shape index (κ3) is 4.62. The van der Waals surface area contributed by atoms with Crippen LogP contribution in [-0.4, -0.2) is 29.5 Å². The minimum atomic E-state index is -3.12. The lowest BCUT2D eigenvalue weighted by Gasteiger charge is -2.14. The van der Waals surface area contributed by atoms with Crippen molar-refractivity contribution in [3.8, 4) is 0 Å². The molecule has 0 radical (unpaired) electrons. The molecule has 0 aromatic carbocycles. The van der Waals surface area contributed by atoms with Crippen molar-refractivity contribution in [2.24, 2.45) is 0 Å². The lowest BCUT2D eigenvalue weighted by atomic mass is 10.2. The molecule has 1 rings (SSSR count). The summed E-state index contributed by atoms with van der Waals surface area (Å²) in [4.78, 5) is 16.0. The van der Waals surface area contributed by atoms with Crippen LogP contribution in [0.4, 0.5) is 0 Å². The molecule has 0 fully saturated rings. The molecule has 0 aliphatic carbocycles. The van der Waals surface area contributed by atoms with Crippen LogP contribution in [0, 0.1) is 0 Å². The zero-order valence-electron chi connectivity index (χ0n) is 11.4. The number of sulfone groups is 1. The maximum absolute atomic E-state index is 11.9. The Morgan fingerprint density at radius 3 is 2.53 bits per heavy atom. The number of hydrogen-bond donors (Lipinski definition) is 0. The fourth-order valence-corrected chi connectivity index (χ4v) is 3.27. The second-order valence-corrected chi connectivity index (χ2v) is 7.42. The van der Waals surface area contributed by atoms with Gasteiger partial charge in [-0.15, -0.1) is 0 Å². The highest BCUT2D eigenvalue weighted by Gasteiger charge is 2.15. The van der Waals surface area contributed by atoms with Gasteiger partial charge in [-0.05, 0) is 6.42 Å². The second-order valence-electron chi connectivity index (χ2n) is 4.73. The first-order chi connectivity index (χ1) is 8.76. The Bertz CT molecular complexity index is 593. The van der Waals surface area contributed by atoms with Crippen LogP contribution >= 0.6 is 11.6 Å². The van der Waals surface area contributed by atoms with Crippen LogP contribution in [0.3, 0.4) is 0 Å². The fraction of sp³-hybridized carbons (Fsp3) is 0.667. The topological polar surface area (TPSA) is 69.0 Å². The van der Waals surface area contributed by atoms with Crippen molar-refractivity contribution >= 4 is 21.4 Å². The van der Waals surface area contributed by atoms with Gasteiger partial charge in [0.15, 0.2) is 9.84 Å². The number of halogens is 1. The van der Waals surface area contributed by atoms with Gasteiger partial charge >= 0.3 is 0 Å². The fourth-order valence-electron chi connectivity index (χ4n) is 1.80. The molecule has 0 saturated carbocycles. The third-order valence-electron chi connectivity index (χ3n) is 2.66. The number of aromatic nitrogens is 2. The van der Waals surface area contributed by atoms with Gasteiger partial charge in [0.25, 0.3) is 5.56 Å². The van der Waals surface area contributed by atoms with Crippen LogP contribution in [0.5, 0.6) is 0 Å². The molecular weight excluding hydrogens is 288 g/mol. The Labute approximate surface area is 118 Å². The molecule has 0 amide bonds. The van der Waals surface area contributed by atoms with Gasteiger partial charge in [0, 0.05) is 24.3 Å². The molecule has 0 spiro atoms. The molecule has 0 aliphatic rings. The van der Waals surface area contributed by atoms with Gasteiger partial charge in [-0.2, -0.15) is 0 Å². The molecule has 0 N–H and O–H groups in total. The van der Waals surface area contributed by atoms with E-state index in [-0.39, 0.29) is 34.7 Å². The lowest BCUT2D eigenvalue weighted by Crippen LogP contribution is -2.29. The maximum Gasteiger partial charge on any atom is 0.255 e. The van der Waals surface area contributed by atoms with Crippen LogP contribution in [0.1, 0.15) is 38.9 Å². The number of hydrogen-bond acceptors (Lipinski definition) is 4. The summed E-state index contributed by atoms with van der Waals surface area (Å²) in [6.07, 6.45) is 0.577. The van der Waals surface area contributed by atoms with Gasteiger partial charge in [-0.3, -0.25) is 9.36 Å². The van der Waals surface area contributed by atoms with E-state index < -0.39 is 9.84 Å². The summed E-state index contributed by atoms with van der Waals surface area (Å²) < 4.78 is 24.8. The normalized spacial score (nSPS) is 12.1. The van der Waals surface area contributed by atoms with Crippen LogP contribution in [0.15, 0.2) is 10.9 Å². The molecule has 1 aromatic rings. The number of nitrogens with zero attached hydrogens (tertiary/aromatic N) is 2. The Balaban J connectivity index is 3.05. The third-order valence-corrected chi connectivity index (χ3v) is 4.69. The predicted octanol–water partition coefficient (Wildman–Crippen LogP) is 1.84. The van der Waals surface area contributed by atoms with E-state index in [0.29, 0.717) is 12.2 Å². The summed E-state index contributed by atoms with van der Waals surface area (Å²) in [5.74, 6) is 0.605. The van der Waals surface area contributed by atoms with Crippen molar-refractivity contribution in [1.29, 1.82) is 0 Å². The summed E-state index contributed by atoms with van der Waals surface area (Å²) >= 11 is 5.76. The predicted molar refractivity (Wildman–Crippen MR) is 76.5 cm³/mol. The first kappa shape index (κ1) is 16.2. The molecule has 7 heteroatoms. The van der Waals surface area contributed by atoms with E-state index in [2.05, 4.69) is 4.98 Å². The van der Waals surface area contributed by atoms with Crippen molar-refractivity contribution in [3.05, 3.63) is 27.4 Å². The largest absolute Gasteiger partial charge is 0.295 e. The zero-order valence-corrected chi connectivity index (χ0v) is 13.0. The number of rotatable bonds is 6. The standard InChI is InChI=1S/C12H19ClN2O3S/c1-4-6-19(17,18)7-5-15-11(16)8-10(13)14-12(15)9(2)3/h8-9H,4-7H2,1-3H3. The summed E-state index contributed by atoms with van der Waals surface area (Å²) in [5.41, 5.74) is -0.310. The minimum absolute atomic E-state index is 0.000259. The van der Waals surface area contributed by atoms with Gasteiger partial charge in [-0.1, -0.05) is 32.4 Å². The highest BCUT2D eigenvalue weighted by atomic mass is 35.5. The summed E-state index contributed by atoms with van der Waals surface area (Å²) in [7, 11) is -3.12. The van der Waals surface area contributed by atoms with Crippen molar-refractivity contribution in [3.63, 3.8) is 0 Å². The molecule has 1 heterocycles. The van der Waals surface area contributed by atoms with E-state index in [9.17, 15) is 13.2 Å². The zero-order chi connectivity index (χ0) is 14.6. The van der Waals surface area contributed by atoms with E-state index in [0.717, 1.165) is 0 Å². The van der Waals surface area contributed by atoms with Crippen molar-refractivity contribution in [2.45, 2.75) is 39.7 Å². The smallest absolute Gasteiger partial charge is 0.255 e. The Hall–Kier alpha value is -0.880. The van der Waals surface area contributed by atoms with Crippen molar-refractivity contribution in [1.82, 2.24) is 9.55 Å². The monoisotopic (exact) mass is 306 g/mol. The lowest BCUT2D eigenvalue weighted by molar-refractivity contribution is 0.572. The summed E-state index contributed by atoms with van der Waals surface area (Å²) in [6.45, 7) is 5.70. The molecule has 0 aliphatic heterocycles. The van der Waals surface area contributed by atoms with Gasteiger partial charge in [0.05, 0.1) is 5.75 Å². The maximum atomic E-state index is 11.9. The Kier molecular flexibility index (Phi) is 5.55. The molecule has 5 nitrogen and oxygen atoms in total. The van der Waals surface area contributed by atoms with Crippen LogP contribution in [-0.2, 0) is 16.4 Å². The average molecular weight is 307 g/mol. The van der Waals surface area contributed by atoms with E-state index in [1.165, 1.54) is 10.6 Å². The quantitative estimate of drug-likeness (QED) is 0.752. The first-order valence-corrected chi connectivity index (χ1v) is 8.44. The van der Waals surface area contributed by atoms with Gasteiger partial charge in [-0.25, -0.2) is 13.4 Å². The molecule has 108 valence electrons. The van der Waals surface area contributed by atoms with E-state index in [1.54, 1.807) is 0 Å². The van der Waals surface area contributed by atoms with Crippen molar-refractivity contribution in [2.75, 3.05) is 11.5 Å². The van der Waals surface area contributed by atoms with E-state index in [4.69, 9.17) is 11.6 Å². The highest BCUT2D eigenvalue weighted by Crippen LogP contribution is 2.13. The minimum Gasteiger partial charge on any atom is -0.295 e. The molecule has 0 atom stereocenters.